The monoisotopic (exact) mass is 199 g/mol. The highest BCUT2D eigenvalue weighted by Crippen LogP contribution is 2.33. The number of aryl methyl sites for hydroxylation is 2. The van der Waals surface area contributed by atoms with Gasteiger partial charge in [0.1, 0.15) is 5.58 Å². The molecule has 0 spiro atoms. The first-order valence-corrected chi connectivity index (χ1v) is 5.13. The molecule has 0 radical (unpaired) electrons. The Hall–Kier alpha value is -1.70. The molecule has 76 valence electrons. The van der Waals surface area contributed by atoms with Gasteiger partial charge in [-0.05, 0) is 26.0 Å². The largest absolute Gasteiger partial charge is 0.454 e. The van der Waals surface area contributed by atoms with Crippen LogP contribution in [0.2, 0.25) is 0 Å². The predicted molar refractivity (Wildman–Crippen MR) is 62.2 cm³/mol. The number of aromatic nitrogens is 1. The highest BCUT2D eigenvalue weighted by Gasteiger charge is 2.15. The summed E-state index contributed by atoms with van der Waals surface area (Å²) in [6.45, 7) is 4.24. The van der Waals surface area contributed by atoms with Crippen LogP contribution in [0.3, 0.4) is 0 Å². The lowest BCUT2D eigenvalue weighted by Gasteiger charge is -1.98. The van der Waals surface area contributed by atoms with Crippen LogP contribution in [-0.2, 0) is 7.05 Å². The Kier molecular flexibility index (Phi) is 1.52. The van der Waals surface area contributed by atoms with Crippen molar-refractivity contribution in [3.63, 3.8) is 0 Å². The standard InChI is InChI=1S/C13H13NO/c1-8-9(2)14(3)12-10-6-4-5-7-11(10)15-13(8)12/h4-7H,1-3H3. The van der Waals surface area contributed by atoms with E-state index < -0.39 is 0 Å². The predicted octanol–water partition coefficient (Wildman–Crippen LogP) is 3.54. The van der Waals surface area contributed by atoms with Gasteiger partial charge in [-0.25, -0.2) is 0 Å². The molecule has 2 nitrogen and oxygen atoms in total. The molecule has 0 aliphatic carbocycles. The zero-order valence-electron chi connectivity index (χ0n) is 9.16. The first kappa shape index (κ1) is 8.60. The van der Waals surface area contributed by atoms with E-state index in [9.17, 15) is 0 Å². The molecule has 2 aromatic heterocycles. The number of fused-ring (bicyclic) bond motifs is 3. The maximum absolute atomic E-state index is 5.86. The van der Waals surface area contributed by atoms with E-state index in [0.29, 0.717) is 0 Å². The highest BCUT2D eigenvalue weighted by atomic mass is 16.3. The lowest BCUT2D eigenvalue weighted by Crippen LogP contribution is -1.90. The van der Waals surface area contributed by atoms with Crippen LogP contribution in [0.4, 0.5) is 0 Å². The SMILES string of the molecule is Cc1c(C)n(C)c2c1oc1ccccc12. The molecule has 0 aliphatic heterocycles. The van der Waals surface area contributed by atoms with Crippen LogP contribution >= 0.6 is 0 Å². The molecule has 0 bridgehead atoms. The fourth-order valence-electron chi connectivity index (χ4n) is 2.20. The summed E-state index contributed by atoms with van der Waals surface area (Å²) < 4.78 is 8.07. The first-order valence-electron chi connectivity index (χ1n) is 5.13. The van der Waals surface area contributed by atoms with Gasteiger partial charge in [0.05, 0.1) is 5.52 Å². The summed E-state index contributed by atoms with van der Waals surface area (Å²) in [6.07, 6.45) is 0. The van der Waals surface area contributed by atoms with Crippen molar-refractivity contribution in [3.8, 4) is 0 Å². The van der Waals surface area contributed by atoms with E-state index in [-0.39, 0.29) is 0 Å². The summed E-state index contributed by atoms with van der Waals surface area (Å²) in [7, 11) is 2.09. The summed E-state index contributed by atoms with van der Waals surface area (Å²) in [5.74, 6) is 0. The van der Waals surface area contributed by atoms with Crippen LogP contribution in [0, 0.1) is 13.8 Å². The van der Waals surface area contributed by atoms with E-state index in [1.165, 1.54) is 22.2 Å². The average Bonchev–Trinajstić information content (AvgIpc) is 2.72. The number of furan rings is 1. The van der Waals surface area contributed by atoms with Crippen LogP contribution in [0.15, 0.2) is 28.7 Å². The van der Waals surface area contributed by atoms with E-state index in [1.54, 1.807) is 0 Å². The molecule has 2 heterocycles. The van der Waals surface area contributed by atoms with Gasteiger partial charge in [-0.3, -0.25) is 0 Å². The molecule has 0 N–H and O–H groups in total. The van der Waals surface area contributed by atoms with Crippen LogP contribution in [0.5, 0.6) is 0 Å². The van der Waals surface area contributed by atoms with Crippen molar-refractivity contribution >= 4 is 22.1 Å². The molecular formula is C13H13NO. The van der Waals surface area contributed by atoms with E-state index in [0.717, 1.165) is 11.2 Å². The molecule has 0 saturated heterocycles. The molecular weight excluding hydrogens is 186 g/mol. The minimum atomic E-state index is 0.973. The molecule has 15 heavy (non-hydrogen) atoms. The number of hydrogen-bond donors (Lipinski definition) is 0. The third-order valence-corrected chi connectivity index (χ3v) is 3.29. The lowest BCUT2D eigenvalue weighted by atomic mass is 10.2. The van der Waals surface area contributed by atoms with Crippen LogP contribution in [0.25, 0.3) is 22.1 Å². The van der Waals surface area contributed by atoms with Crippen molar-refractivity contribution in [1.82, 2.24) is 4.57 Å². The van der Waals surface area contributed by atoms with Gasteiger partial charge in [0.25, 0.3) is 0 Å². The average molecular weight is 199 g/mol. The first-order chi connectivity index (χ1) is 7.20. The van der Waals surface area contributed by atoms with E-state index in [2.05, 4.69) is 37.6 Å². The zero-order valence-corrected chi connectivity index (χ0v) is 9.16. The Morgan fingerprint density at radius 3 is 2.67 bits per heavy atom. The summed E-state index contributed by atoms with van der Waals surface area (Å²) >= 11 is 0. The van der Waals surface area contributed by atoms with E-state index >= 15 is 0 Å². The molecule has 0 saturated carbocycles. The topological polar surface area (TPSA) is 18.1 Å². The van der Waals surface area contributed by atoms with Crippen molar-refractivity contribution < 1.29 is 4.42 Å². The van der Waals surface area contributed by atoms with Crippen molar-refractivity contribution in [2.75, 3.05) is 0 Å². The maximum atomic E-state index is 5.86. The van der Waals surface area contributed by atoms with Gasteiger partial charge in [-0.15, -0.1) is 0 Å². The van der Waals surface area contributed by atoms with Gasteiger partial charge in [-0.1, -0.05) is 12.1 Å². The molecule has 0 unspecified atom stereocenters. The van der Waals surface area contributed by atoms with Crippen molar-refractivity contribution in [2.24, 2.45) is 7.05 Å². The second-order valence-corrected chi connectivity index (χ2v) is 4.05. The highest BCUT2D eigenvalue weighted by molar-refractivity contribution is 6.04. The minimum Gasteiger partial charge on any atom is -0.454 e. The van der Waals surface area contributed by atoms with Gasteiger partial charge < -0.3 is 8.98 Å². The van der Waals surface area contributed by atoms with Gasteiger partial charge in [0, 0.05) is 23.7 Å². The number of nitrogens with zero attached hydrogens (tertiary/aromatic N) is 1. The zero-order chi connectivity index (χ0) is 10.6. The summed E-state index contributed by atoms with van der Waals surface area (Å²) in [4.78, 5) is 0. The summed E-state index contributed by atoms with van der Waals surface area (Å²) in [5, 5.41) is 1.20. The smallest absolute Gasteiger partial charge is 0.156 e. The Bertz CT molecular complexity index is 658. The summed E-state index contributed by atoms with van der Waals surface area (Å²) in [6, 6.07) is 8.19. The molecule has 2 heteroatoms. The second kappa shape index (κ2) is 2.66. The summed E-state index contributed by atoms with van der Waals surface area (Å²) in [5.41, 5.74) is 5.72. The molecule has 1 aromatic carbocycles. The van der Waals surface area contributed by atoms with Gasteiger partial charge in [-0.2, -0.15) is 0 Å². The Morgan fingerprint density at radius 2 is 1.87 bits per heavy atom. The number of rotatable bonds is 0. The molecule has 0 atom stereocenters. The molecule has 3 rings (SSSR count). The molecule has 0 aliphatic rings. The van der Waals surface area contributed by atoms with Gasteiger partial charge in [0.2, 0.25) is 0 Å². The van der Waals surface area contributed by atoms with E-state index in [1.807, 2.05) is 12.1 Å². The fraction of sp³-hybridized carbons (Fsp3) is 0.231. The third-order valence-electron chi connectivity index (χ3n) is 3.29. The van der Waals surface area contributed by atoms with Crippen molar-refractivity contribution in [1.29, 1.82) is 0 Å². The molecule has 0 fully saturated rings. The van der Waals surface area contributed by atoms with E-state index in [4.69, 9.17) is 4.42 Å². The lowest BCUT2D eigenvalue weighted by molar-refractivity contribution is 0.666. The fourth-order valence-corrected chi connectivity index (χ4v) is 2.20. The molecule has 0 amide bonds. The number of hydrogen-bond acceptors (Lipinski definition) is 1. The Labute approximate surface area is 88.1 Å². The van der Waals surface area contributed by atoms with Crippen molar-refractivity contribution in [3.05, 3.63) is 35.5 Å². The van der Waals surface area contributed by atoms with Crippen LogP contribution in [0.1, 0.15) is 11.3 Å². The quantitative estimate of drug-likeness (QED) is 0.541. The van der Waals surface area contributed by atoms with Crippen LogP contribution in [-0.4, -0.2) is 4.57 Å². The third kappa shape index (κ3) is 0.938. The minimum absolute atomic E-state index is 0.973. The normalized spacial score (nSPS) is 11.7. The van der Waals surface area contributed by atoms with Gasteiger partial charge >= 0.3 is 0 Å². The van der Waals surface area contributed by atoms with Crippen LogP contribution < -0.4 is 0 Å². The molecule has 3 aromatic rings. The number of benzene rings is 1. The van der Waals surface area contributed by atoms with Gasteiger partial charge in [0.15, 0.2) is 5.58 Å². The Morgan fingerprint density at radius 1 is 1.13 bits per heavy atom. The number of para-hydroxylation sites is 1. The second-order valence-electron chi connectivity index (χ2n) is 4.05. The van der Waals surface area contributed by atoms with Crippen molar-refractivity contribution in [2.45, 2.75) is 13.8 Å². The maximum Gasteiger partial charge on any atom is 0.156 e. The Balaban J connectivity index is 2.65.